The van der Waals surface area contributed by atoms with Gasteiger partial charge in [0.2, 0.25) is 5.91 Å². The molecule has 1 aliphatic rings. The molecule has 0 radical (unpaired) electrons. The van der Waals surface area contributed by atoms with Gasteiger partial charge in [0.1, 0.15) is 0 Å². The number of carbonyl (C=O) groups excluding carboxylic acids is 1. The predicted molar refractivity (Wildman–Crippen MR) is 63.7 cm³/mol. The number of nitrogens with one attached hydrogen (secondary N) is 1. The third-order valence-corrected chi connectivity index (χ3v) is 3.77. The summed E-state index contributed by atoms with van der Waals surface area (Å²) in [5, 5.41) is 3.10. The van der Waals surface area contributed by atoms with Gasteiger partial charge >= 0.3 is 0 Å². The molecule has 1 saturated carbocycles. The van der Waals surface area contributed by atoms with Gasteiger partial charge in [-0.3, -0.25) is 4.79 Å². The lowest BCUT2D eigenvalue weighted by Crippen LogP contribution is -2.39. The van der Waals surface area contributed by atoms with E-state index in [-0.39, 0.29) is 11.3 Å². The van der Waals surface area contributed by atoms with Crippen molar-refractivity contribution in [1.29, 1.82) is 0 Å². The number of rotatable bonds is 4. The van der Waals surface area contributed by atoms with Crippen LogP contribution in [0.5, 0.6) is 0 Å². The molecule has 0 heterocycles. The highest BCUT2D eigenvalue weighted by atomic mass is 16.2. The maximum atomic E-state index is 11.8. The van der Waals surface area contributed by atoms with Crippen LogP contribution in [0, 0.1) is 11.3 Å². The second-order valence-electron chi connectivity index (χ2n) is 5.45. The number of hydrogen-bond acceptors (Lipinski definition) is 1. The topological polar surface area (TPSA) is 29.1 Å². The summed E-state index contributed by atoms with van der Waals surface area (Å²) in [7, 11) is 0. The Morgan fingerprint density at radius 1 is 1.27 bits per heavy atom. The van der Waals surface area contributed by atoms with Gasteiger partial charge < -0.3 is 5.32 Å². The minimum atomic E-state index is -0.200. The summed E-state index contributed by atoms with van der Waals surface area (Å²) in [5.41, 5.74) is -0.200. The predicted octanol–water partition coefficient (Wildman–Crippen LogP) is 3.12. The van der Waals surface area contributed by atoms with Crippen LogP contribution >= 0.6 is 0 Å². The molecule has 0 atom stereocenters. The van der Waals surface area contributed by atoms with E-state index in [1.807, 2.05) is 13.8 Å². The normalized spacial score (nSPS) is 18.9. The molecule has 0 bridgehead atoms. The first-order valence-corrected chi connectivity index (χ1v) is 6.34. The molecular formula is C13H25NO. The van der Waals surface area contributed by atoms with Crippen molar-refractivity contribution in [2.24, 2.45) is 11.3 Å². The van der Waals surface area contributed by atoms with Gasteiger partial charge in [0.25, 0.3) is 0 Å². The van der Waals surface area contributed by atoms with Crippen LogP contribution in [0.2, 0.25) is 0 Å². The highest BCUT2D eigenvalue weighted by Crippen LogP contribution is 2.24. The van der Waals surface area contributed by atoms with Crippen molar-refractivity contribution in [2.75, 3.05) is 6.54 Å². The van der Waals surface area contributed by atoms with Crippen molar-refractivity contribution in [3.05, 3.63) is 0 Å². The smallest absolute Gasteiger partial charge is 0.225 e. The average Bonchev–Trinajstić information content (AvgIpc) is 2.27. The molecule has 0 aromatic heterocycles. The quantitative estimate of drug-likeness (QED) is 0.760. The second-order valence-corrected chi connectivity index (χ2v) is 5.45. The fraction of sp³-hybridized carbons (Fsp3) is 0.923. The van der Waals surface area contributed by atoms with Gasteiger partial charge in [0, 0.05) is 12.0 Å². The van der Waals surface area contributed by atoms with Crippen LogP contribution in [0.1, 0.15) is 59.3 Å². The summed E-state index contributed by atoms with van der Waals surface area (Å²) in [6, 6.07) is 0. The van der Waals surface area contributed by atoms with Crippen molar-refractivity contribution in [1.82, 2.24) is 5.32 Å². The number of hydrogen-bond donors (Lipinski definition) is 1. The van der Waals surface area contributed by atoms with Gasteiger partial charge in [-0.15, -0.1) is 0 Å². The van der Waals surface area contributed by atoms with Gasteiger partial charge in [-0.1, -0.05) is 40.0 Å². The molecule has 2 heteroatoms. The Hall–Kier alpha value is -0.530. The van der Waals surface area contributed by atoms with Crippen LogP contribution in [0.4, 0.5) is 0 Å². The highest BCUT2D eigenvalue weighted by molar-refractivity contribution is 5.81. The van der Waals surface area contributed by atoms with Gasteiger partial charge in [-0.25, -0.2) is 0 Å². The highest BCUT2D eigenvalue weighted by Gasteiger charge is 2.25. The molecule has 0 spiro atoms. The number of carbonyl (C=O) groups is 1. The van der Waals surface area contributed by atoms with Crippen LogP contribution in [0.3, 0.4) is 0 Å². The molecule has 1 amide bonds. The second kappa shape index (κ2) is 5.53. The Bertz CT molecular complexity index is 205. The van der Waals surface area contributed by atoms with Crippen LogP contribution in [0.15, 0.2) is 0 Å². The zero-order chi connectivity index (χ0) is 11.3. The van der Waals surface area contributed by atoms with E-state index < -0.39 is 0 Å². The third-order valence-electron chi connectivity index (χ3n) is 3.77. The van der Waals surface area contributed by atoms with Crippen molar-refractivity contribution < 1.29 is 4.79 Å². The standard InChI is InChI=1S/C13H25NO/c1-4-13(2,3)12(15)14-10-11-8-6-5-7-9-11/h11H,4-10H2,1-3H3,(H,14,15). The first-order valence-electron chi connectivity index (χ1n) is 6.34. The lowest BCUT2D eigenvalue weighted by molar-refractivity contribution is -0.129. The maximum absolute atomic E-state index is 11.8. The van der Waals surface area contributed by atoms with Crippen LogP contribution in [-0.2, 0) is 4.79 Å². The average molecular weight is 211 g/mol. The molecule has 0 aromatic rings. The summed E-state index contributed by atoms with van der Waals surface area (Å²) in [4.78, 5) is 11.8. The van der Waals surface area contributed by atoms with E-state index in [1.54, 1.807) is 0 Å². The zero-order valence-corrected chi connectivity index (χ0v) is 10.4. The molecule has 0 unspecified atom stereocenters. The molecule has 1 rings (SSSR count). The van der Waals surface area contributed by atoms with E-state index in [0.29, 0.717) is 0 Å². The first-order chi connectivity index (χ1) is 7.06. The Balaban J connectivity index is 2.26. The fourth-order valence-corrected chi connectivity index (χ4v) is 2.03. The van der Waals surface area contributed by atoms with Crippen molar-refractivity contribution in [2.45, 2.75) is 59.3 Å². The fourth-order valence-electron chi connectivity index (χ4n) is 2.03. The summed E-state index contributed by atoms with van der Waals surface area (Å²) in [6.45, 7) is 6.99. The molecular weight excluding hydrogens is 186 g/mol. The monoisotopic (exact) mass is 211 g/mol. The Morgan fingerprint density at radius 2 is 1.87 bits per heavy atom. The Morgan fingerprint density at radius 3 is 2.40 bits per heavy atom. The summed E-state index contributed by atoms with van der Waals surface area (Å²) in [5.74, 6) is 0.950. The molecule has 1 N–H and O–H groups in total. The Kier molecular flexibility index (Phi) is 4.62. The third kappa shape index (κ3) is 3.84. The Labute approximate surface area is 93.8 Å². The zero-order valence-electron chi connectivity index (χ0n) is 10.4. The van der Waals surface area contributed by atoms with Gasteiger partial charge in [0.05, 0.1) is 0 Å². The lowest BCUT2D eigenvalue weighted by atomic mass is 9.87. The molecule has 15 heavy (non-hydrogen) atoms. The molecule has 88 valence electrons. The van der Waals surface area contributed by atoms with E-state index in [1.165, 1.54) is 32.1 Å². The molecule has 0 aromatic carbocycles. The first kappa shape index (κ1) is 12.5. The van der Waals surface area contributed by atoms with E-state index in [9.17, 15) is 4.79 Å². The molecule has 0 saturated heterocycles. The molecule has 0 aliphatic heterocycles. The van der Waals surface area contributed by atoms with Crippen LogP contribution in [0.25, 0.3) is 0 Å². The van der Waals surface area contributed by atoms with Gasteiger partial charge in [-0.2, -0.15) is 0 Å². The van der Waals surface area contributed by atoms with Crippen LogP contribution in [-0.4, -0.2) is 12.5 Å². The van der Waals surface area contributed by atoms with Crippen molar-refractivity contribution in [3.63, 3.8) is 0 Å². The number of amides is 1. The van der Waals surface area contributed by atoms with E-state index in [0.717, 1.165) is 18.9 Å². The summed E-state index contributed by atoms with van der Waals surface area (Å²) < 4.78 is 0. The van der Waals surface area contributed by atoms with Gasteiger partial charge in [0.15, 0.2) is 0 Å². The summed E-state index contributed by atoms with van der Waals surface area (Å²) >= 11 is 0. The minimum absolute atomic E-state index is 0.200. The summed E-state index contributed by atoms with van der Waals surface area (Å²) in [6.07, 6.45) is 7.57. The van der Waals surface area contributed by atoms with E-state index in [4.69, 9.17) is 0 Å². The van der Waals surface area contributed by atoms with Gasteiger partial charge in [-0.05, 0) is 25.2 Å². The van der Waals surface area contributed by atoms with Crippen molar-refractivity contribution >= 4 is 5.91 Å². The van der Waals surface area contributed by atoms with E-state index in [2.05, 4.69) is 12.2 Å². The lowest BCUT2D eigenvalue weighted by Gasteiger charge is -2.26. The van der Waals surface area contributed by atoms with Crippen molar-refractivity contribution in [3.8, 4) is 0 Å². The molecule has 1 aliphatic carbocycles. The minimum Gasteiger partial charge on any atom is -0.355 e. The maximum Gasteiger partial charge on any atom is 0.225 e. The molecule has 2 nitrogen and oxygen atoms in total. The van der Waals surface area contributed by atoms with Crippen LogP contribution < -0.4 is 5.32 Å². The van der Waals surface area contributed by atoms with E-state index >= 15 is 0 Å². The SMILES string of the molecule is CCC(C)(C)C(=O)NCC1CCCCC1. The molecule has 1 fully saturated rings. The largest absolute Gasteiger partial charge is 0.355 e.